The summed E-state index contributed by atoms with van der Waals surface area (Å²) < 4.78 is 26.6. The highest BCUT2D eigenvalue weighted by Gasteiger charge is 2.36. The Kier molecular flexibility index (Phi) is 14.2. The van der Waals surface area contributed by atoms with E-state index in [1.165, 1.54) is 70.3 Å². The Balaban J connectivity index is 1.44. The molecule has 1 saturated carbocycles. The maximum absolute atomic E-state index is 15.0. The van der Waals surface area contributed by atoms with Crippen LogP contribution in [-0.2, 0) is 4.74 Å². The average Bonchev–Trinajstić information content (AvgIpc) is 2.99. The van der Waals surface area contributed by atoms with Gasteiger partial charge < -0.3 is 9.47 Å². The molecular formula is C36H50FNO3. The van der Waals surface area contributed by atoms with E-state index in [2.05, 4.69) is 19.9 Å². The Morgan fingerprint density at radius 3 is 2.10 bits per heavy atom. The van der Waals surface area contributed by atoms with E-state index >= 15 is 4.39 Å². The minimum Gasteiger partial charge on any atom is -0.494 e. The number of nitrogens with zero attached hydrogens (tertiary/aromatic N) is 1. The molecule has 1 fully saturated rings. The van der Waals surface area contributed by atoms with Gasteiger partial charge in [-0.1, -0.05) is 103 Å². The van der Waals surface area contributed by atoms with Crippen molar-refractivity contribution in [1.82, 2.24) is 0 Å². The molecule has 0 saturated heterocycles. The molecule has 0 bridgehead atoms. The molecule has 0 radical (unpaired) electrons. The van der Waals surface area contributed by atoms with Gasteiger partial charge in [0.25, 0.3) is 0 Å². The van der Waals surface area contributed by atoms with Gasteiger partial charge in [-0.15, -0.1) is 0 Å². The van der Waals surface area contributed by atoms with E-state index in [9.17, 15) is 10.1 Å². The topological polar surface area (TPSA) is 59.3 Å². The summed E-state index contributed by atoms with van der Waals surface area (Å²) >= 11 is 0. The molecule has 41 heavy (non-hydrogen) atoms. The third-order valence-electron chi connectivity index (χ3n) is 8.55. The van der Waals surface area contributed by atoms with E-state index in [1.54, 1.807) is 12.1 Å². The SMILES string of the molecule is CCCCCCCCCOc1ccc(-c2ccc(C(=O)OC3CCC(C#N)(CCCCCCC)CC3)cc2F)cc1. The van der Waals surface area contributed by atoms with Crippen LogP contribution in [0.5, 0.6) is 5.75 Å². The van der Waals surface area contributed by atoms with E-state index < -0.39 is 11.8 Å². The van der Waals surface area contributed by atoms with Crippen LogP contribution in [0.2, 0.25) is 0 Å². The van der Waals surface area contributed by atoms with Crippen LogP contribution in [-0.4, -0.2) is 18.7 Å². The van der Waals surface area contributed by atoms with Gasteiger partial charge in [-0.25, -0.2) is 9.18 Å². The molecule has 0 amide bonds. The molecule has 0 atom stereocenters. The summed E-state index contributed by atoms with van der Waals surface area (Å²) in [4.78, 5) is 12.8. The van der Waals surface area contributed by atoms with E-state index in [-0.39, 0.29) is 17.1 Å². The van der Waals surface area contributed by atoms with Crippen LogP contribution < -0.4 is 4.74 Å². The summed E-state index contributed by atoms with van der Waals surface area (Å²) in [6.07, 6.45) is 18.2. The quantitative estimate of drug-likeness (QED) is 0.134. The Bertz CT molecular complexity index is 1080. The lowest BCUT2D eigenvalue weighted by Crippen LogP contribution is -2.31. The van der Waals surface area contributed by atoms with Crippen molar-refractivity contribution in [3.05, 3.63) is 53.8 Å². The van der Waals surface area contributed by atoms with Gasteiger partial charge in [0.1, 0.15) is 17.7 Å². The highest BCUT2D eigenvalue weighted by atomic mass is 19.1. The largest absolute Gasteiger partial charge is 0.494 e. The number of hydrogen-bond acceptors (Lipinski definition) is 4. The minimum atomic E-state index is -0.501. The number of carbonyl (C=O) groups is 1. The molecule has 0 heterocycles. The lowest BCUT2D eigenvalue weighted by molar-refractivity contribution is 0.0104. The summed E-state index contributed by atoms with van der Waals surface area (Å²) in [6.45, 7) is 5.12. The molecule has 224 valence electrons. The fourth-order valence-electron chi connectivity index (χ4n) is 5.82. The van der Waals surface area contributed by atoms with Crippen LogP contribution in [0.3, 0.4) is 0 Å². The van der Waals surface area contributed by atoms with Crippen molar-refractivity contribution < 1.29 is 18.7 Å². The van der Waals surface area contributed by atoms with Crippen molar-refractivity contribution in [2.24, 2.45) is 5.41 Å². The Hall–Kier alpha value is -2.87. The normalized spacial score (nSPS) is 18.5. The van der Waals surface area contributed by atoms with Crippen LogP contribution in [0.15, 0.2) is 42.5 Å². The van der Waals surface area contributed by atoms with Crippen LogP contribution in [0.25, 0.3) is 11.1 Å². The van der Waals surface area contributed by atoms with Gasteiger partial charge in [0.15, 0.2) is 0 Å². The van der Waals surface area contributed by atoms with Crippen LogP contribution in [0.4, 0.5) is 4.39 Å². The van der Waals surface area contributed by atoms with E-state index in [1.807, 2.05) is 24.3 Å². The first-order valence-corrected chi connectivity index (χ1v) is 16.2. The third kappa shape index (κ3) is 10.8. The number of unbranched alkanes of at least 4 members (excludes halogenated alkanes) is 10. The van der Waals surface area contributed by atoms with Crippen molar-refractivity contribution in [2.45, 2.75) is 129 Å². The number of halogens is 1. The van der Waals surface area contributed by atoms with Gasteiger partial charge in [-0.2, -0.15) is 5.26 Å². The lowest BCUT2D eigenvalue weighted by Gasteiger charge is -2.34. The summed E-state index contributed by atoms with van der Waals surface area (Å²) in [6, 6.07) is 14.5. The molecule has 0 unspecified atom stereocenters. The van der Waals surface area contributed by atoms with Crippen molar-refractivity contribution in [2.75, 3.05) is 6.61 Å². The lowest BCUT2D eigenvalue weighted by atomic mass is 9.71. The van der Waals surface area contributed by atoms with Gasteiger partial charge in [0, 0.05) is 5.56 Å². The zero-order valence-electron chi connectivity index (χ0n) is 25.4. The molecule has 5 heteroatoms. The highest BCUT2D eigenvalue weighted by Crippen LogP contribution is 2.41. The Morgan fingerprint density at radius 2 is 1.49 bits per heavy atom. The zero-order valence-corrected chi connectivity index (χ0v) is 25.4. The molecule has 0 N–H and O–H groups in total. The minimum absolute atomic E-state index is 0.217. The molecule has 0 aromatic heterocycles. The first kappa shape index (κ1) is 32.6. The summed E-state index contributed by atoms with van der Waals surface area (Å²) in [7, 11) is 0. The molecule has 4 nitrogen and oxygen atoms in total. The number of carbonyl (C=O) groups excluding carboxylic acids is 1. The number of ether oxygens (including phenoxy) is 2. The van der Waals surface area contributed by atoms with Crippen LogP contribution in [0.1, 0.15) is 133 Å². The highest BCUT2D eigenvalue weighted by molar-refractivity contribution is 5.90. The summed E-state index contributed by atoms with van der Waals surface area (Å²) in [5, 5.41) is 9.84. The maximum Gasteiger partial charge on any atom is 0.338 e. The number of rotatable bonds is 18. The third-order valence-corrected chi connectivity index (χ3v) is 8.55. The summed E-state index contributed by atoms with van der Waals surface area (Å²) in [5.74, 6) is -0.172. The van der Waals surface area contributed by atoms with Crippen molar-refractivity contribution >= 4 is 5.97 Å². The molecule has 2 aromatic carbocycles. The first-order valence-electron chi connectivity index (χ1n) is 16.2. The van der Waals surface area contributed by atoms with Crippen molar-refractivity contribution in [1.29, 1.82) is 5.26 Å². The average molecular weight is 564 g/mol. The second-order valence-corrected chi connectivity index (χ2v) is 11.8. The second-order valence-electron chi connectivity index (χ2n) is 11.8. The fourth-order valence-corrected chi connectivity index (χ4v) is 5.82. The molecular weight excluding hydrogens is 513 g/mol. The molecule has 2 aromatic rings. The van der Waals surface area contributed by atoms with Gasteiger partial charge in [-0.05, 0) is 68.4 Å². The number of esters is 1. The molecule has 3 rings (SSSR count). The van der Waals surface area contributed by atoms with Crippen LogP contribution in [0, 0.1) is 22.6 Å². The standard InChI is InChI=1S/C36H50FNO3/c1-3-5-7-9-10-12-14-26-40-31-18-15-29(16-19-31)33-20-17-30(27-34(33)37)35(39)41-32-21-24-36(28-38,25-22-32)23-13-11-8-6-4-2/h15-20,27,32H,3-14,21-26H2,1-2H3. The van der Waals surface area contributed by atoms with E-state index in [4.69, 9.17) is 9.47 Å². The summed E-state index contributed by atoms with van der Waals surface area (Å²) in [5.41, 5.74) is 1.10. The Morgan fingerprint density at radius 1 is 0.878 bits per heavy atom. The number of hydrogen-bond donors (Lipinski definition) is 0. The molecule has 0 aliphatic heterocycles. The fraction of sp³-hybridized carbons (Fsp3) is 0.611. The molecule has 0 spiro atoms. The molecule has 1 aliphatic rings. The molecule has 1 aliphatic carbocycles. The second kappa shape index (κ2) is 17.8. The smallest absolute Gasteiger partial charge is 0.338 e. The van der Waals surface area contributed by atoms with Gasteiger partial charge in [0.05, 0.1) is 23.7 Å². The van der Waals surface area contributed by atoms with Gasteiger partial charge in [0.2, 0.25) is 0 Å². The number of benzene rings is 2. The predicted octanol–water partition coefficient (Wildman–Crippen LogP) is 10.6. The van der Waals surface area contributed by atoms with Gasteiger partial charge >= 0.3 is 5.97 Å². The van der Waals surface area contributed by atoms with Gasteiger partial charge in [-0.3, -0.25) is 0 Å². The Labute approximate surface area is 247 Å². The van der Waals surface area contributed by atoms with Crippen molar-refractivity contribution in [3.63, 3.8) is 0 Å². The predicted molar refractivity (Wildman–Crippen MR) is 164 cm³/mol. The van der Waals surface area contributed by atoms with Crippen LogP contribution >= 0.6 is 0 Å². The number of nitriles is 1. The monoisotopic (exact) mass is 563 g/mol. The van der Waals surface area contributed by atoms with E-state index in [0.29, 0.717) is 25.0 Å². The maximum atomic E-state index is 15.0. The van der Waals surface area contributed by atoms with Crippen molar-refractivity contribution in [3.8, 4) is 22.9 Å². The van der Waals surface area contributed by atoms with E-state index in [0.717, 1.165) is 43.4 Å². The zero-order chi connectivity index (χ0) is 29.3. The first-order chi connectivity index (χ1) is 20.0.